The summed E-state index contributed by atoms with van der Waals surface area (Å²) in [5.74, 6) is 7.18. The maximum Gasteiger partial charge on any atom is 0.302 e. The Hall–Kier alpha value is -9.49. The van der Waals surface area contributed by atoms with Gasteiger partial charge in [0.05, 0.1) is 51.8 Å². The molecule has 12 rings (SSSR count). The minimum Gasteiger partial charge on any atom is -0.507 e. The molecule has 5 atom stereocenters. The quantitative estimate of drug-likeness (QED) is 0.0138. The summed E-state index contributed by atoms with van der Waals surface area (Å²) < 4.78 is 82.6. The van der Waals surface area contributed by atoms with Crippen LogP contribution in [0, 0.1) is 23.6 Å². The van der Waals surface area contributed by atoms with Crippen molar-refractivity contribution in [1.29, 1.82) is 0 Å². The van der Waals surface area contributed by atoms with Gasteiger partial charge in [0.25, 0.3) is 0 Å². The number of esters is 2. The van der Waals surface area contributed by atoms with E-state index in [0.29, 0.717) is 72.6 Å². The number of aliphatic hydroxyl groups excluding tert-OH is 6. The van der Waals surface area contributed by atoms with Gasteiger partial charge in [-0.2, -0.15) is 0 Å². The average molecular weight is 1890 g/mol. The Morgan fingerprint density at radius 1 is 0.393 bits per heavy atom. The average Bonchev–Trinajstić information content (AvgIpc) is 0.728. The van der Waals surface area contributed by atoms with Crippen molar-refractivity contribution in [2.45, 2.75) is 333 Å². The predicted molar refractivity (Wildman–Crippen MR) is 546 cm³/mol. The second kappa shape index (κ2) is 61.0. The van der Waals surface area contributed by atoms with Crippen LogP contribution in [0.1, 0.15) is 353 Å². The first-order valence-corrected chi connectivity index (χ1v) is 45.2. The Balaban J connectivity index is 0.00000174. The van der Waals surface area contributed by atoms with Gasteiger partial charge < -0.3 is 92.6 Å². The number of ether oxygens (including phenoxy) is 12. The van der Waals surface area contributed by atoms with E-state index in [1.54, 1.807) is 14.2 Å². The van der Waals surface area contributed by atoms with E-state index < -0.39 is 44.2 Å². The van der Waals surface area contributed by atoms with Gasteiger partial charge in [-0.25, -0.2) is 4.39 Å². The zero-order valence-electron chi connectivity index (χ0n) is 78.4. The molecule has 4 fully saturated rings. The van der Waals surface area contributed by atoms with Crippen molar-refractivity contribution in [3.63, 3.8) is 0 Å². The SMILES string of the molecule is C.C.C.C.C.C.C.C.CCC(C)(C)c1ccc(OCCOc2c(C(C)OC)cc(C(C)(C)C)cc2C(C)OC)cc1.CCC(C)c1ccc(OCCOc2c(CO)c(CO)c(O)c(CO)c2CO)cc1.CCC(C)c1ccc(OCCOc2c(CO)cc(C34CC5CC(CC(C5)C3)C4)cc2CO)cc1.CCC(C)c1ccc(OCCOc2c(COC(C)=O)cc(F)cc2COC(C)=O)cc1. The van der Waals surface area contributed by atoms with E-state index >= 15 is 0 Å². The number of aliphatic hydroxyl groups is 6. The van der Waals surface area contributed by atoms with E-state index in [1.807, 2.05) is 86.6 Å². The molecule has 7 N–H and O–H groups in total. The Labute approximate surface area is 812 Å². The summed E-state index contributed by atoms with van der Waals surface area (Å²) in [6.07, 6.45) is 12.2. The second-order valence-corrected chi connectivity index (χ2v) is 35.6. The number of aromatic hydroxyl groups is 1. The smallest absolute Gasteiger partial charge is 0.302 e. The maximum atomic E-state index is 14.0. The van der Waals surface area contributed by atoms with E-state index in [4.69, 9.17) is 56.8 Å². The Kier molecular flexibility index (Phi) is 56.7. The molecule has 8 aromatic rings. The monoisotopic (exact) mass is 1890 g/mol. The number of benzene rings is 8. The molecule has 4 saturated carbocycles. The second-order valence-electron chi connectivity index (χ2n) is 35.6. The number of phenols is 1. The van der Waals surface area contributed by atoms with Gasteiger partial charge >= 0.3 is 11.9 Å². The zero-order chi connectivity index (χ0) is 92.7. The van der Waals surface area contributed by atoms with Gasteiger partial charge in [0.15, 0.2) is 0 Å². The third kappa shape index (κ3) is 35.2. The summed E-state index contributed by atoms with van der Waals surface area (Å²) in [5.41, 5.74) is 12.9. The molecule has 0 radical (unpaired) electrons. The van der Waals surface area contributed by atoms with Gasteiger partial charge in [0, 0.05) is 83.7 Å². The molecule has 4 aliphatic rings. The van der Waals surface area contributed by atoms with Gasteiger partial charge in [0.1, 0.15) is 124 Å². The first kappa shape index (κ1) is 126. The lowest BCUT2D eigenvalue weighted by Gasteiger charge is -2.57. The summed E-state index contributed by atoms with van der Waals surface area (Å²) in [6.45, 7) is 32.9. The van der Waals surface area contributed by atoms with Crippen LogP contribution in [0.3, 0.4) is 0 Å². The van der Waals surface area contributed by atoms with E-state index in [0.717, 1.165) is 88.7 Å². The van der Waals surface area contributed by atoms with Crippen LogP contribution in [0.2, 0.25) is 0 Å². The fourth-order valence-corrected chi connectivity index (χ4v) is 17.1. The molecule has 5 unspecified atom stereocenters. The van der Waals surface area contributed by atoms with Crippen LogP contribution in [-0.4, -0.2) is 115 Å². The lowest BCUT2D eigenvalue weighted by molar-refractivity contribution is -0.142. The standard InChI is InChI=1S/C30H40O4.C29H44O4.C24H29FO6.C22H30O7.8CH4/c1-3-20(2)24-4-6-28(7-5-24)33-8-9-34-29-25(18-31)13-27(14-26(29)19-32)30-15-21-10-22(16-30)12-23(11-21)17-30;1-11-29(7,8)22-12-14-24(15-13-22)32-16-17-33-27-25(20(2)30-9)18-23(28(4,5)6)19-26(27)21(3)31-10;1-5-16(2)19-6-8-23(9-7-19)28-10-11-29-24-20(14-30-17(3)26)12-22(25)13-21(24)15-31-18(4)27;1-3-14(2)15-4-6-16(7-5-15)28-8-9-29-22-19(12-25)17(10-23)21(27)18(11-24)20(22)13-26;;;;;;;;/h4-7,13-14,20-23,31-32H,3,8-12,15-19H2,1-2H3;12-15,18-21H,11,16-17H2,1-10H3;6-9,12-13,16H,5,10-11,14-15H2,1-4H3;4-7,14,23-27H,3,8-13H2,1-2H3;8*1H4. The molecule has 0 saturated heterocycles. The number of hydrogen-bond donors (Lipinski definition) is 7. The van der Waals surface area contributed by atoms with Crippen molar-refractivity contribution in [2.75, 3.05) is 67.1 Å². The number of rotatable bonds is 43. The maximum absolute atomic E-state index is 14.0. The molecule has 0 spiro atoms. The van der Waals surface area contributed by atoms with Crippen molar-refractivity contribution in [2.24, 2.45) is 17.8 Å². The fourth-order valence-electron chi connectivity index (χ4n) is 17.1. The molecule has 4 aliphatic carbocycles. The van der Waals surface area contributed by atoms with E-state index in [-0.39, 0.29) is 174 Å². The van der Waals surface area contributed by atoms with Crippen LogP contribution in [0.5, 0.6) is 51.7 Å². The minimum absolute atomic E-state index is 0. The predicted octanol–water partition coefficient (Wildman–Crippen LogP) is 26.0. The molecule has 135 heavy (non-hydrogen) atoms. The van der Waals surface area contributed by atoms with Gasteiger partial charge in [-0.15, -0.1) is 0 Å². The number of carbonyl (C=O) groups excluding carboxylic acids is 2. The van der Waals surface area contributed by atoms with Crippen LogP contribution < -0.4 is 37.9 Å². The third-order valence-electron chi connectivity index (χ3n) is 25.5. The van der Waals surface area contributed by atoms with Crippen molar-refractivity contribution in [3.8, 4) is 51.7 Å². The first-order chi connectivity index (χ1) is 60.8. The van der Waals surface area contributed by atoms with E-state index in [9.17, 15) is 49.7 Å². The lowest BCUT2D eigenvalue weighted by Crippen LogP contribution is -2.48. The van der Waals surface area contributed by atoms with Crippen molar-refractivity contribution < 1.29 is 107 Å². The number of methoxy groups -OCH3 is 2. The summed E-state index contributed by atoms with van der Waals surface area (Å²) in [7, 11) is 3.45. The molecule has 0 aromatic heterocycles. The molecule has 8 aromatic carbocycles. The highest BCUT2D eigenvalue weighted by atomic mass is 19.1. The van der Waals surface area contributed by atoms with Gasteiger partial charge in [-0.1, -0.05) is 191 Å². The van der Waals surface area contributed by atoms with Crippen molar-refractivity contribution in [1.82, 2.24) is 0 Å². The minimum atomic E-state index is -0.547. The molecule has 22 heteroatoms. The van der Waals surface area contributed by atoms with Crippen LogP contribution in [0.4, 0.5) is 4.39 Å². The first-order valence-electron chi connectivity index (χ1n) is 45.2. The fraction of sp³-hybridized carbons (Fsp3) is 0.558. The molecular formula is C113H175FO21. The topological polar surface area (TPSA) is 287 Å². The summed E-state index contributed by atoms with van der Waals surface area (Å²) in [5, 5.41) is 69.0. The van der Waals surface area contributed by atoms with Gasteiger partial charge in [-0.3, -0.25) is 9.59 Å². The van der Waals surface area contributed by atoms with Crippen LogP contribution in [0.15, 0.2) is 133 Å². The molecule has 4 bridgehead atoms. The molecule has 760 valence electrons. The highest BCUT2D eigenvalue weighted by molar-refractivity contribution is 5.67. The largest absolute Gasteiger partial charge is 0.507 e. The highest BCUT2D eigenvalue weighted by Gasteiger charge is 2.52. The van der Waals surface area contributed by atoms with E-state index in [2.05, 4.69) is 132 Å². The van der Waals surface area contributed by atoms with Gasteiger partial charge in [0.2, 0.25) is 0 Å². The van der Waals surface area contributed by atoms with Crippen molar-refractivity contribution in [3.05, 3.63) is 228 Å². The summed E-state index contributed by atoms with van der Waals surface area (Å²) in [6, 6.07) is 43.6. The summed E-state index contributed by atoms with van der Waals surface area (Å²) >= 11 is 0. The Morgan fingerprint density at radius 3 is 0.970 bits per heavy atom. The summed E-state index contributed by atoms with van der Waals surface area (Å²) in [4.78, 5) is 22.3. The van der Waals surface area contributed by atoms with Crippen molar-refractivity contribution >= 4 is 11.9 Å². The normalized spacial score (nSPS) is 15.8. The molecule has 0 amide bonds. The number of hydrogen-bond acceptors (Lipinski definition) is 21. The zero-order valence-corrected chi connectivity index (χ0v) is 78.4. The van der Waals surface area contributed by atoms with E-state index in [1.165, 1.54) is 97.9 Å². The Morgan fingerprint density at radius 2 is 0.689 bits per heavy atom. The molecule has 0 aliphatic heterocycles. The van der Waals surface area contributed by atoms with Crippen LogP contribution in [-0.2, 0) is 97.6 Å². The third-order valence-corrected chi connectivity index (χ3v) is 25.5. The number of halogens is 1. The Bertz CT molecular complexity index is 4550. The lowest BCUT2D eigenvalue weighted by atomic mass is 9.48. The molecular weight excluding hydrogens is 1710 g/mol. The van der Waals surface area contributed by atoms with Crippen LogP contribution >= 0.6 is 0 Å². The highest BCUT2D eigenvalue weighted by Crippen LogP contribution is 2.61. The molecule has 21 nitrogen and oxygen atoms in total. The number of carbonyl (C=O) groups is 2. The molecule has 0 heterocycles. The van der Waals surface area contributed by atoms with Gasteiger partial charge in [-0.05, 0) is 248 Å². The van der Waals surface area contributed by atoms with Crippen LogP contribution in [0.25, 0.3) is 0 Å².